The van der Waals surface area contributed by atoms with Crippen molar-refractivity contribution in [3.63, 3.8) is 0 Å². The normalized spacial score (nSPS) is 10.3. The van der Waals surface area contributed by atoms with E-state index in [9.17, 15) is 9.18 Å². The van der Waals surface area contributed by atoms with E-state index in [2.05, 4.69) is 0 Å². The third kappa shape index (κ3) is 2.53. The summed E-state index contributed by atoms with van der Waals surface area (Å²) in [6.07, 6.45) is 0. The van der Waals surface area contributed by atoms with Crippen molar-refractivity contribution in [3.8, 4) is 11.1 Å². The van der Waals surface area contributed by atoms with Crippen LogP contribution in [0.5, 0.6) is 0 Å². The average molecular weight is 249 g/mol. The van der Waals surface area contributed by atoms with Gasteiger partial charge in [-0.15, -0.1) is 0 Å². The quantitative estimate of drug-likeness (QED) is 0.722. The number of Topliss-reactive ketones (excluding diaryl/α,β-unsaturated/α-hetero) is 1. The van der Waals surface area contributed by atoms with E-state index in [0.29, 0.717) is 5.56 Å². The number of rotatable bonds is 2. The number of hydrogen-bond donors (Lipinski definition) is 0. The molecule has 0 fully saturated rings. The SMILES string of the molecule is CC(=O)c1ccc(-c2ccc(F)c(Cl)c2)cc1. The van der Waals surface area contributed by atoms with E-state index in [1.165, 1.54) is 13.0 Å². The van der Waals surface area contributed by atoms with Crippen LogP contribution in [-0.4, -0.2) is 5.78 Å². The maximum atomic E-state index is 13.0. The van der Waals surface area contributed by atoms with Crippen LogP contribution in [0.3, 0.4) is 0 Å². The van der Waals surface area contributed by atoms with Gasteiger partial charge in [0, 0.05) is 5.56 Å². The van der Waals surface area contributed by atoms with Gasteiger partial charge < -0.3 is 0 Å². The molecule has 1 nitrogen and oxygen atoms in total. The third-order valence-electron chi connectivity index (χ3n) is 2.54. The molecule has 0 aliphatic carbocycles. The van der Waals surface area contributed by atoms with Crippen molar-refractivity contribution in [3.05, 3.63) is 58.9 Å². The molecule has 0 radical (unpaired) electrons. The van der Waals surface area contributed by atoms with Crippen molar-refractivity contribution in [1.29, 1.82) is 0 Å². The first-order valence-corrected chi connectivity index (χ1v) is 5.52. The minimum atomic E-state index is -0.434. The Balaban J connectivity index is 2.39. The van der Waals surface area contributed by atoms with E-state index in [0.717, 1.165) is 11.1 Å². The number of ketones is 1. The zero-order chi connectivity index (χ0) is 12.4. The van der Waals surface area contributed by atoms with Crippen LogP contribution in [0.25, 0.3) is 11.1 Å². The van der Waals surface area contributed by atoms with Gasteiger partial charge in [-0.05, 0) is 30.2 Å². The van der Waals surface area contributed by atoms with E-state index in [4.69, 9.17) is 11.6 Å². The standard InChI is InChI=1S/C14H10ClFO/c1-9(17)10-2-4-11(5-3-10)12-6-7-14(16)13(15)8-12/h2-8H,1H3. The zero-order valence-corrected chi connectivity index (χ0v) is 9.96. The molecule has 0 amide bonds. The molecule has 2 aromatic carbocycles. The lowest BCUT2D eigenvalue weighted by Crippen LogP contribution is -1.90. The highest BCUT2D eigenvalue weighted by atomic mass is 35.5. The van der Waals surface area contributed by atoms with Gasteiger partial charge in [-0.25, -0.2) is 4.39 Å². The first-order chi connectivity index (χ1) is 8.08. The molecule has 3 heteroatoms. The first-order valence-electron chi connectivity index (χ1n) is 5.14. The van der Waals surface area contributed by atoms with Crippen LogP contribution in [-0.2, 0) is 0 Å². The molecule has 2 rings (SSSR count). The molecule has 2 aromatic rings. The second-order valence-corrected chi connectivity index (χ2v) is 4.17. The topological polar surface area (TPSA) is 17.1 Å². The summed E-state index contributed by atoms with van der Waals surface area (Å²) in [6, 6.07) is 11.7. The Hall–Kier alpha value is -1.67. The predicted molar refractivity (Wildman–Crippen MR) is 66.9 cm³/mol. The fraction of sp³-hybridized carbons (Fsp3) is 0.0714. The van der Waals surface area contributed by atoms with Crippen LogP contribution in [0, 0.1) is 5.82 Å². The van der Waals surface area contributed by atoms with Gasteiger partial charge in [-0.2, -0.15) is 0 Å². The smallest absolute Gasteiger partial charge is 0.159 e. The molecule has 0 aliphatic rings. The number of hydrogen-bond acceptors (Lipinski definition) is 1. The fourth-order valence-corrected chi connectivity index (χ4v) is 1.75. The summed E-state index contributed by atoms with van der Waals surface area (Å²) in [5.41, 5.74) is 2.38. The van der Waals surface area contributed by atoms with Crippen molar-refractivity contribution >= 4 is 17.4 Å². The summed E-state index contributed by atoms with van der Waals surface area (Å²) in [6.45, 7) is 1.52. The summed E-state index contributed by atoms with van der Waals surface area (Å²) in [5, 5.41) is 0.0955. The lowest BCUT2D eigenvalue weighted by atomic mass is 10.0. The van der Waals surface area contributed by atoms with Crippen LogP contribution in [0.1, 0.15) is 17.3 Å². The molecule has 0 atom stereocenters. The maximum absolute atomic E-state index is 13.0. The van der Waals surface area contributed by atoms with Crippen molar-refractivity contribution in [2.24, 2.45) is 0 Å². The predicted octanol–water partition coefficient (Wildman–Crippen LogP) is 4.35. The van der Waals surface area contributed by atoms with E-state index in [-0.39, 0.29) is 10.8 Å². The minimum Gasteiger partial charge on any atom is -0.295 e. The molecule has 0 aromatic heterocycles. The Labute approximate surface area is 104 Å². The van der Waals surface area contributed by atoms with E-state index in [1.54, 1.807) is 24.3 Å². The highest BCUT2D eigenvalue weighted by Gasteiger charge is 2.04. The van der Waals surface area contributed by atoms with Gasteiger partial charge in [0.25, 0.3) is 0 Å². The van der Waals surface area contributed by atoms with Crippen molar-refractivity contribution in [1.82, 2.24) is 0 Å². The van der Waals surface area contributed by atoms with Gasteiger partial charge >= 0.3 is 0 Å². The second kappa shape index (κ2) is 4.68. The summed E-state index contributed by atoms with van der Waals surface area (Å²) in [7, 11) is 0. The third-order valence-corrected chi connectivity index (χ3v) is 2.83. The van der Waals surface area contributed by atoms with Crippen LogP contribution >= 0.6 is 11.6 Å². The monoisotopic (exact) mass is 248 g/mol. The molecule has 0 spiro atoms. The minimum absolute atomic E-state index is 0.0219. The summed E-state index contributed by atoms with van der Waals surface area (Å²) in [5.74, 6) is -0.413. The van der Waals surface area contributed by atoms with Crippen molar-refractivity contribution in [2.75, 3.05) is 0 Å². The molecule has 0 aliphatic heterocycles. The Bertz CT molecular complexity index is 561. The highest BCUT2D eigenvalue weighted by molar-refractivity contribution is 6.31. The number of benzene rings is 2. The first kappa shape index (κ1) is 11.8. The van der Waals surface area contributed by atoms with Crippen LogP contribution in [0.15, 0.2) is 42.5 Å². The Kier molecular flexibility index (Phi) is 3.25. The molecule has 0 saturated heterocycles. The van der Waals surface area contributed by atoms with E-state index >= 15 is 0 Å². The van der Waals surface area contributed by atoms with Crippen molar-refractivity contribution < 1.29 is 9.18 Å². The molecule has 0 saturated carbocycles. The zero-order valence-electron chi connectivity index (χ0n) is 9.21. The van der Waals surface area contributed by atoms with Gasteiger partial charge in [0.05, 0.1) is 5.02 Å². The molecule has 0 bridgehead atoms. The Morgan fingerprint density at radius 3 is 2.18 bits per heavy atom. The molecule has 0 unspecified atom stereocenters. The molecule has 0 N–H and O–H groups in total. The molecule has 0 heterocycles. The van der Waals surface area contributed by atoms with Gasteiger partial charge in [0.15, 0.2) is 5.78 Å². The van der Waals surface area contributed by atoms with Crippen LogP contribution < -0.4 is 0 Å². The largest absolute Gasteiger partial charge is 0.295 e. The molecule has 17 heavy (non-hydrogen) atoms. The molecule has 86 valence electrons. The molecular formula is C14H10ClFO. The number of carbonyl (C=O) groups is 1. The number of halogens is 2. The van der Waals surface area contributed by atoms with Gasteiger partial charge in [-0.1, -0.05) is 41.9 Å². The molecular weight excluding hydrogens is 239 g/mol. The Morgan fingerprint density at radius 2 is 1.65 bits per heavy atom. The van der Waals surface area contributed by atoms with E-state index in [1.807, 2.05) is 12.1 Å². The van der Waals surface area contributed by atoms with Crippen LogP contribution in [0.2, 0.25) is 5.02 Å². The van der Waals surface area contributed by atoms with Gasteiger partial charge in [-0.3, -0.25) is 4.79 Å². The summed E-state index contributed by atoms with van der Waals surface area (Å²) < 4.78 is 13.0. The van der Waals surface area contributed by atoms with Gasteiger partial charge in [0.1, 0.15) is 5.82 Å². The summed E-state index contributed by atoms with van der Waals surface area (Å²) >= 11 is 5.72. The lowest BCUT2D eigenvalue weighted by Gasteiger charge is -2.04. The highest BCUT2D eigenvalue weighted by Crippen LogP contribution is 2.25. The maximum Gasteiger partial charge on any atom is 0.159 e. The second-order valence-electron chi connectivity index (χ2n) is 3.76. The lowest BCUT2D eigenvalue weighted by molar-refractivity contribution is 0.101. The number of carbonyl (C=O) groups excluding carboxylic acids is 1. The van der Waals surface area contributed by atoms with Gasteiger partial charge in [0.2, 0.25) is 0 Å². The Morgan fingerprint density at radius 1 is 1.06 bits per heavy atom. The van der Waals surface area contributed by atoms with Crippen molar-refractivity contribution in [2.45, 2.75) is 6.92 Å². The summed E-state index contributed by atoms with van der Waals surface area (Å²) in [4.78, 5) is 11.1. The fourth-order valence-electron chi connectivity index (χ4n) is 1.57. The average Bonchev–Trinajstić information content (AvgIpc) is 2.33. The van der Waals surface area contributed by atoms with E-state index < -0.39 is 5.82 Å². The van der Waals surface area contributed by atoms with Crippen LogP contribution in [0.4, 0.5) is 4.39 Å².